The predicted octanol–water partition coefficient (Wildman–Crippen LogP) is 0.982. The highest BCUT2D eigenvalue weighted by atomic mass is 16.5. The molecule has 122 valence electrons. The minimum Gasteiger partial charge on any atom is -0.481 e. The van der Waals surface area contributed by atoms with E-state index in [-0.39, 0.29) is 12.6 Å². The third-order valence-corrected chi connectivity index (χ3v) is 3.70. The number of nitrogens with one attached hydrogen (secondary N) is 2. The Labute approximate surface area is 125 Å². The number of carbonyl (C=O) groups excluding carboxylic acids is 1. The van der Waals surface area contributed by atoms with Crippen molar-refractivity contribution in [3.63, 3.8) is 0 Å². The summed E-state index contributed by atoms with van der Waals surface area (Å²) in [4.78, 5) is 23.2. The summed E-state index contributed by atoms with van der Waals surface area (Å²) < 4.78 is 10.7. The molecular formula is C14H26N2O5. The molecule has 0 bridgehead atoms. The summed E-state index contributed by atoms with van der Waals surface area (Å²) in [5, 5.41) is 14.7. The lowest BCUT2D eigenvalue weighted by Gasteiger charge is -2.33. The van der Waals surface area contributed by atoms with Crippen LogP contribution >= 0.6 is 0 Å². The highest BCUT2D eigenvalue weighted by molar-refractivity contribution is 5.78. The van der Waals surface area contributed by atoms with Crippen molar-refractivity contribution in [1.29, 1.82) is 0 Å². The van der Waals surface area contributed by atoms with E-state index in [4.69, 9.17) is 9.47 Å². The van der Waals surface area contributed by atoms with Gasteiger partial charge >= 0.3 is 12.0 Å². The average molecular weight is 302 g/mol. The molecule has 1 aliphatic heterocycles. The van der Waals surface area contributed by atoms with Crippen molar-refractivity contribution in [1.82, 2.24) is 10.6 Å². The Morgan fingerprint density at radius 2 is 1.90 bits per heavy atom. The zero-order chi connectivity index (χ0) is 15.9. The monoisotopic (exact) mass is 302 g/mol. The van der Waals surface area contributed by atoms with Gasteiger partial charge in [-0.15, -0.1) is 0 Å². The smallest absolute Gasteiger partial charge is 0.314 e. The van der Waals surface area contributed by atoms with Crippen molar-refractivity contribution in [2.45, 2.75) is 39.2 Å². The minimum atomic E-state index is -0.926. The molecule has 0 aromatic carbocycles. The van der Waals surface area contributed by atoms with E-state index < -0.39 is 17.0 Å². The van der Waals surface area contributed by atoms with Gasteiger partial charge in [0, 0.05) is 32.9 Å². The van der Waals surface area contributed by atoms with E-state index in [1.807, 2.05) is 20.8 Å². The molecule has 0 radical (unpaired) electrons. The van der Waals surface area contributed by atoms with Crippen LogP contribution in [0.4, 0.5) is 4.79 Å². The molecule has 0 saturated carbocycles. The fourth-order valence-corrected chi connectivity index (χ4v) is 2.28. The minimum absolute atomic E-state index is 0.104. The number of carbonyl (C=O) groups is 2. The van der Waals surface area contributed by atoms with Gasteiger partial charge in [0.1, 0.15) is 0 Å². The fraction of sp³-hybridized carbons (Fsp3) is 0.857. The molecule has 1 rings (SSSR count). The Bertz CT molecular complexity index is 364. The molecule has 0 spiro atoms. The number of hydrogen-bond acceptors (Lipinski definition) is 4. The van der Waals surface area contributed by atoms with E-state index in [1.165, 1.54) is 0 Å². The van der Waals surface area contributed by atoms with Crippen molar-refractivity contribution in [2.75, 3.05) is 32.9 Å². The molecule has 0 aliphatic carbocycles. The van der Waals surface area contributed by atoms with Gasteiger partial charge in [-0.2, -0.15) is 0 Å². The molecule has 0 aromatic heterocycles. The number of hydrogen-bond donors (Lipinski definition) is 3. The number of urea groups is 1. The van der Waals surface area contributed by atoms with Crippen LogP contribution in [0.1, 0.15) is 33.6 Å². The first-order valence-electron chi connectivity index (χ1n) is 7.28. The van der Waals surface area contributed by atoms with Crippen molar-refractivity contribution in [3.05, 3.63) is 0 Å². The molecular weight excluding hydrogens is 276 g/mol. The summed E-state index contributed by atoms with van der Waals surface area (Å²) in [6.45, 7) is 7.51. The van der Waals surface area contributed by atoms with E-state index in [0.717, 1.165) is 0 Å². The number of carboxylic acid groups (broad SMARTS) is 1. The summed E-state index contributed by atoms with van der Waals surface area (Å²) >= 11 is 0. The van der Waals surface area contributed by atoms with Crippen molar-refractivity contribution in [2.24, 2.45) is 5.41 Å². The maximum absolute atomic E-state index is 11.8. The van der Waals surface area contributed by atoms with Gasteiger partial charge in [0.2, 0.25) is 0 Å². The second-order valence-corrected chi connectivity index (χ2v) is 5.93. The second-order valence-electron chi connectivity index (χ2n) is 5.93. The normalized spacial score (nSPS) is 18.0. The van der Waals surface area contributed by atoms with Crippen LogP contribution in [0.2, 0.25) is 0 Å². The second kappa shape index (κ2) is 7.61. The molecule has 21 heavy (non-hydrogen) atoms. The molecule has 3 N–H and O–H groups in total. The topological polar surface area (TPSA) is 96.9 Å². The maximum atomic E-state index is 11.8. The third kappa shape index (κ3) is 5.51. The lowest BCUT2D eigenvalue weighted by atomic mass is 9.80. The first kappa shape index (κ1) is 17.7. The van der Waals surface area contributed by atoms with Gasteiger partial charge in [-0.3, -0.25) is 4.79 Å². The molecule has 7 nitrogen and oxygen atoms in total. The predicted molar refractivity (Wildman–Crippen MR) is 77.2 cm³/mol. The summed E-state index contributed by atoms with van der Waals surface area (Å²) in [6.07, 6.45) is 0.820. The first-order valence-corrected chi connectivity index (χ1v) is 7.28. The SMILES string of the molecule is CCOC(C)(C)CNC(=O)NCC1(C(=O)O)CCOCC1. The number of ether oxygens (including phenoxy) is 2. The van der Waals surface area contributed by atoms with Crippen LogP contribution in [-0.4, -0.2) is 55.6 Å². The quantitative estimate of drug-likeness (QED) is 0.651. The van der Waals surface area contributed by atoms with Gasteiger partial charge in [0.15, 0.2) is 0 Å². The van der Waals surface area contributed by atoms with Gasteiger partial charge in [-0.25, -0.2) is 4.79 Å². The summed E-state index contributed by atoms with van der Waals surface area (Å²) in [5.74, 6) is -0.888. The van der Waals surface area contributed by atoms with Crippen LogP contribution in [0, 0.1) is 5.41 Å². The van der Waals surface area contributed by atoms with Gasteiger partial charge in [0.05, 0.1) is 11.0 Å². The third-order valence-electron chi connectivity index (χ3n) is 3.70. The number of carboxylic acids is 1. The van der Waals surface area contributed by atoms with Crippen LogP contribution in [0.5, 0.6) is 0 Å². The first-order chi connectivity index (χ1) is 9.81. The Morgan fingerprint density at radius 1 is 1.29 bits per heavy atom. The molecule has 0 aromatic rings. The Hall–Kier alpha value is -1.34. The van der Waals surface area contributed by atoms with Crippen LogP contribution < -0.4 is 10.6 Å². The van der Waals surface area contributed by atoms with Crippen LogP contribution in [0.3, 0.4) is 0 Å². The van der Waals surface area contributed by atoms with E-state index in [0.29, 0.717) is 39.2 Å². The summed E-state index contributed by atoms with van der Waals surface area (Å²) in [5.41, 5.74) is -1.37. The van der Waals surface area contributed by atoms with Crippen molar-refractivity contribution in [3.8, 4) is 0 Å². The fourth-order valence-electron chi connectivity index (χ4n) is 2.28. The number of amides is 2. The lowest BCUT2D eigenvalue weighted by molar-refractivity contribution is -0.154. The molecule has 0 unspecified atom stereocenters. The Balaban J connectivity index is 2.42. The molecule has 0 atom stereocenters. The maximum Gasteiger partial charge on any atom is 0.314 e. The highest BCUT2D eigenvalue weighted by Gasteiger charge is 2.40. The molecule has 1 saturated heterocycles. The van der Waals surface area contributed by atoms with E-state index >= 15 is 0 Å². The average Bonchev–Trinajstić information content (AvgIpc) is 2.44. The molecule has 1 heterocycles. The van der Waals surface area contributed by atoms with Crippen molar-refractivity contribution < 1.29 is 24.2 Å². The van der Waals surface area contributed by atoms with Gasteiger partial charge in [-0.1, -0.05) is 0 Å². The standard InChI is InChI=1S/C14H26N2O5/c1-4-21-13(2,3)9-15-12(19)16-10-14(11(17)18)5-7-20-8-6-14/h4-10H2,1-3H3,(H,17,18)(H2,15,16,19). The van der Waals surface area contributed by atoms with E-state index in [9.17, 15) is 14.7 Å². The molecule has 1 fully saturated rings. The van der Waals surface area contributed by atoms with Gasteiger partial charge in [0.25, 0.3) is 0 Å². The highest BCUT2D eigenvalue weighted by Crippen LogP contribution is 2.29. The molecule has 1 aliphatic rings. The zero-order valence-corrected chi connectivity index (χ0v) is 13.0. The van der Waals surface area contributed by atoms with Crippen LogP contribution in [0.15, 0.2) is 0 Å². The van der Waals surface area contributed by atoms with E-state index in [1.54, 1.807) is 0 Å². The Kier molecular flexibility index (Phi) is 6.42. The number of aliphatic carboxylic acids is 1. The largest absolute Gasteiger partial charge is 0.481 e. The summed E-state index contributed by atoms with van der Waals surface area (Å²) in [6, 6.07) is -0.380. The van der Waals surface area contributed by atoms with E-state index in [2.05, 4.69) is 10.6 Å². The Morgan fingerprint density at radius 3 is 2.43 bits per heavy atom. The molecule has 2 amide bonds. The van der Waals surface area contributed by atoms with Crippen molar-refractivity contribution >= 4 is 12.0 Å². The van der Waals surface area contributed by atoms with Crippen LogP contribution in [0.25, 0.3) is 0 Å². The molecule has 7 heteroatoms. The zero-order valence-electron chi connectivity index (χ0n) is 13.0. The van der Waals surface area contributed by atoms with Gasteiger partial charge < -0.3 is 25.2 Å². The lowest BCUT2D eigenvalue weighted by Crippen LogP contribution is -2.50. The number of rotatable bonds is 7. The van der Waals surface area contributed by atoms with Crippen LogP contribution in [-0.2, 0) is 14.3 Å². The van der Waals surface area contributed by atoms with Gasteiger partial charge in [-0.05, 0) is 33.6 Å². The summed E-state index contributed by atoms with van der Waals surface area (Å²) in [7, 11) is 0.